The van der Waals surface area contributed by atoms with Crippen LogP contribution in [0.4, 0.5) is 0 Å². The molecule has 1 atom stereocenters. The fourth-order valence-corrected chi connectivity index (χ4v) is 4.43. The van der Waals surface area contributed by atoms with Crippen molar-refractivity contribution in [2.24, 2.45) is 5.73 Å². The number of halogens is 3. The van der Waals surface area contributed by atoms with E-state index in [-0.39, 0.29) is 22.7 Å². The molecule has 0 aliphatic rings. The third-order valence-electron chi connectivity index (χ3n) is 5.54. The largest absolute Gasteiger partial charge is 0.392 e. The Kier molecular flexibility index (Phi) is 7.96. The summed E-state index contributed by atoms with van der Waals surface area (Å²) < 4.78 is 1.46. The Morgan fingerprint density at radius 1 is 0.972 bits per heavy atom. The lowest BCUT2D eigenvalue weighted by Crippen LogP contribution is -2.46. The number of amides is 2. The van der Waals surface area contributed by atoms with Gasteiger partial charge in [-0.1, -0.05) is 77.3 Å². The molecule has 3 aromatic carbocycles. The molecular formula is C26H21Cl3N4O3. The van der Waals surface area contributed by atoms with Crippen molar-refractivity contribution in [3.05, 3.63) is 105 Å². The second-order valence-corrected chi connectivity index (χ2v) is 9.25. The maximum absolute atomic E-state index is 13.4. The number of aromatic nitrogens is 2. The summed E-state index contributed by atoms with van der Waals surface area (Å²) in [6.07, 6.45) is 0.199. The van der Waals surface area contributed by atoms with Crippen LogP contribution in [0.5, 0.6) is 0 Å². The van der Waals surface area contributed by atoms with Crippen LogP contribution in [0.3, 0.4) is 0 Å². The molecule has 2 amide bonds. The lowest BCUT2D eigenvalue weighted by molar-refractivity contribution is -0.119. The Morgan fingerprint density at radius 2 is 1.64 bits per heavy atom. The number of carbonyl (C=O) groups is 2. The Hall–Kier alpha value is -3.36. The number of carbonyl (C=O) groups excluding carboxylic acids is 2. The topological polar surface area (TPSA) is 110 Å². The molecule has 7 nitrogen and oxygen atoms in total. The molecular weight excluding hydrogens is 523 g/mol. The average molecular weight is 544 g/mol. The van der Waals surface area contributed by atoms with Crippen LogP contribution >= 0.6 is 34.8 Å². The van der Waals surface area contributed by atoms with Crippen LogP contribution in [0, 0.1) is 0 Å². The van der Waals surface area contributed by atoms with Gasteiger partial charge in [-0.15, -0.1) is 0 Å². The van der Waals surface area contributed by atoms with Crippen LogP contribution in [-0.4, -0.2) is 32.7 Å². The van der Waals surface area contributed by atoms with Gasteiger partial charge < -0.3 is 16.2 Å². The zero-order chi connectivity index (χ0) is 25.8. The predicted molar refractivity (Wildman–Crippen MR) is 141 cm³/mol. The molecule has 36 heavy (non-hydrogen) atoms. The standard InChI is InChI=1S/C26H21Cl3N4O3/c27-17-8-6-16(7-9-17)24-19(14-34)23(32-33(24)22-11-10-18(28)13-20(22)29)26(36)31-21(25(30)35)12-15-4-2-1-3-5-15/h1-11,13,21,34H,12,14H2,(H2,30,35)(H,31,36). The van der Waals surface area contributed by atoms with E-state index >= 15 is 0 Å². The van der Waals surface area contributed by atoms with Crippen LogP contribution < -0.4 is 11.1 Å². The summed E-state index contributed by atoms with van der Waals surface area (Å²) in [6, 6.07) is 19.9. The molecule has 10 heteroatoms. The molecule has 0 aliphatic heterocycles. The molecule has 184 valence electrons. The zero-order valence-electron chi connectivity index (χ0n) is 18.8. The van der Waals surface area contributed by atoms with Crippen molar-refractivity contribution in [2.75, 3.05) is 0 Å². The second kappa shape index (κ2) is 11.1. The number of nitrogens with one attached hydrogen (secondary N) is 1. The number of nitrogens with zero attached hydrogens (tertiary/aromatic N) is 2. The summed E-state index contributed by atoms with van der Waals surface area (Å²) in [5.41, 5.74) is 8.07. The van der Waals surface area contributed by atoms with Crippen LogP contribution in [-0.2, 0) is 17.8 Å². The lowest BCUT2D eigenvalue weighted by Gasteiger charge is -2.15. The van der Waals surface area contributed by atoms with Gasteiger partial charge >= 0.3 is 0 Å². The van der Waals surface area contributed by atoms with Gasteiger partial charge in [-0.25, -0.2) is 4.68 Å². The Labute approximate surface area is 222 Å². The first-order chi connectivity index (χ1) is 17.3. The summed E-state index contributed by atoms with van der Waals surface area (Å²) in [5.74, 6) is -1.37. The number of aliphatic hydroxyl groups is 1. The third-order valence-corrected chi connectivity index (χ3v) is 6.33. The number of primary amides is 1. The Morgan fingerprint density at radius 3 is 2.25 bits per heavy atom. The smallest absolute Gasteiger partial charge is 0.272 e. The number of hydrogen-bond donors (Lipinski definition) is 3. The van der Waals surface area contributed by atoms with Gasteiger partial charge in [0, 0.05) is 27.6 Å². The van der Waals surface area contributed by atoms with Crippen molar-refractivity contribution >= 4 is 46.6 Å². The maximum Gasteiger partial charge on any atom is 0.272 e. The molecule has 0 fully saturated rings. The minimum atomic E-state index is -0.991. The zero-order valence-corrected chi connectivity index (χ0v) is 21.1. The van der Waals surface area contributed by atoms with Crippen LogP contribution in [0.25, 0.3) is 16.9 Å². The van der Waals surface area contributed by atoms with E-state index in [0.29, 0.717) is 27.0 Å². The van der Waals surface area contributed by atoms with Gasteiger partial charge in [0.05, 0.1) is 23.0 Å². The molecule has 0 saturated heterocycles. The van der Waals surface area contributed by atoms with Crippen molar-refractivity contribution in [2.45, 2.75) is 19.1 Å². The minimum Gasteiger partial charge on any atom is -0.392 e. The van der Waals surface area contributed by atoms with Gasteiger partial charge in [-0.2, -0.15) is 5.10 Å². The average Bonchev–Trinajstić information content (AvgIpc) is 3.24. The number of aliphatic hydroxyl groups excluding tert-OH is 1. The van der Waals surface area contributed by atoms with Crippen LogP contribution in [0.15, 0.2) is 72.8 Å². The third kappa shape index (κ3) is 5.55. The minimum absolute atomic E-state index is 0.0761. The fraction of sp³-hybridized carbons (Fsp3) is 0.115. The highest BCUT2D eigenvalue weighted by atomic mass is 35.5. The van der Waals surface area contributed by atoms with E-state index in [1.165, 1.54) is 4.68 Å². The van der Waals surface area contributed by atoms with Gasteiger partial charge in [-0.3, -0.25) is 9.59 Å². The number of hydrogen-bond acceptors (Lipinski definition) is 4. The normalized spacial score (nSPS) is 11.8. The first-order valence-electron chi connectivity index (χ1n) is 10.9. The summed E-state index contributed by atoms with van der Waals surface area (Å²) in [5, 5.41) is 18.7. The van der Waals surface area contributed by atoms with Gasteiger partial charge in [0.2, 0.25) is 5.91 Å². The highest BCUT2D eigenvalue weighted by Crippen LogP contribution is 2.33. The van der Waals surface area contributed by atoms with Crippen molar-refractivity contribution in [1.82, 2.24) is 15.1 Å². The van der Waals surface area contributed by atoms with Gasteiger partial charge in [-0.05, 0) is 35.9 Å². The summed E-state index contributed by atoms with van der Waals surface area (Å²) >= 11 is 18.6. The molecule has 4 rings (SSSR count). The highest BCUT2D eigenvalue weighted by Gasteiger charge is 2.28. The number of nitrogens with two attached hydrogens (primary N) is 1. The van der Waals surface area contributed by atoms with Gasteiger partial charge in [0.15, 0.2) is 5.69 Å². The van der Waals surface area contributed by atoms with E-state index in [9.17, 15) is 14.7 Å². The van der Waals surface area contributed by atoms with E-state index in [1.807, 2.05) is 30.3 Å². The highest BCUT2D eigenvalue weighted by molar-refractivity contribution is 6.35. The van der Waals surface area contributed by atoms with Crippen molar-refractivity contribution in [3.8, 4) is 16.9 Å². The van der Waals surface area contributed by atoms with Crippen molar-refractivity contribution in [3.63, 3.8) is 0 Å². The van der Waals surface area contributed by atoms with Gasteiger partial charge in [0.25, 0.3) is 5.91 Å². The molecule has 0 saturated carbocycles. The molecule has 4 aromatic rings. The van der Waals surface area contributed by atoms with Crippen molar-refractivity contribution in [1.29, 1.82) is 0 Å². The van der Waals surface area contributed by atoms with E-state index in [1.54, 1.807) is 42.5 Å². The SMILES string of the molecule is NC(=O)C(Cc1ccccc1)NC(=O)c1nn(-c2ccc(Cl)cc2Cl)c(-c2ccc(Cl)cc2)c1CO. The molecule has 0 radical (unpaired) electrons. The maximum atomic E-state index is 13.4. The first-order valence-corrected chi connectivity index (χ1v) is 12.0. The Balaban J connectivity index is 1.80. The predicted octanol–water partition coefficient (Wildman–Crippen LogP) is 4.82. The van der Waals surface area contributed by atoms with E-state index in [0.717, 1.165) is 5.56 Å². The summed E-state index contributed by atoms with van der Waals surface area (Å²) in [7, 11) is 0. The van der Waals surface area contributed by atoms with Gasteiger partial charge in [0.1, 0.15) is 6.04 Å². The quantitative estimate of drug-likeness (QED) is 0.296. The monoisotopic (exact) mass is 542 g/mol. The summed E-state index contributed by atoms with van der Waals surface area (Å²) in [4.78, 5) is 25.5. The molecule has 1 heterocycles. The van der Waals surface area contributed by atoms with Crippen LogP contribution in [0.1, 0.15) is 21.6 Å². The Bertz CT molecular complexity index is 1410. The van der Waals surface area contributed by atoms with Crippen LogP contribution in [0.2, 0.25) is 15.1 Å². The van der Waals surface area contributed by atoms with Crippen molar-refractivity contribution < 1.29 is 14.7 Å². The van der Waals surface area contributed by atoms with E-state index in [4.69, 9.17) is 40.5 Å². The molecule has 0 bridgehead atoms. The van der Waals surface area contributed by atoms with E-state index < -0.39 is 24.5 Å². The lowest BCUT2D eigenvalue weighted by atomic mass is 10.0. The molecule has 1 aromatic heterocycles. The fourth-order valence-electron chi connectivity index (χ4n) is 3.81. The summed E-state index contributed by atoms with van der Waals surface area (Å²) in [6.45, 7) is -0.508. The second-order valence-electron chi connectivity index (χ2n) is 7.97. The first kappa shape index (κ1) is 25.7. The molecule has 0 spiro atoms. The number of benzene rings is 3. The molecule has 1 unspecified atom stereocenters. The number of rotatable bonds is 8. The van der Waals surface area contributed by atoms with E-state index in [2.05, 4.69) is 10.4 Å². The molecule has 0 aliphatic carbocycles. The molecule has 4 N–H and O–H groups in total.